The standard InChI is InChI=1S/C22H36O8/c1-3-19(23)29-18-30-22(26)16-12-9-13-17-28-21(25)15-11-8-6-4-5-7-10-14-20(24)27-2/h3H,1,4-18H2,2H3. The topological polar surface area (TPSA) is 105 Å². The van der Waals surface area contributed by atoms with Crippen LogP contribution in [-0.4, -0.2) is 44.4 Å². The van der Waals surface area contributed by atoms with E-state index in [4.69, 9.17) is 9.47 Å². The highest BCUT2D eigenvalue weighted by Crippen LogP contribution is 2.10. The van der Waals surface area contributed by atoms with Crippen LogP contribution < -0.4 is 0 Å². The van der Waals surface area contributed by atoms with Crippen LogP contribution in [0.2, 0.25) is 0 Å². The lowest BCUT2D eigenvalue weighted by molar-refractivity contribution is -0.164. The molecule has 0 unspecified atom stereocenters. The first-order chi connectivity index (χ1) is 14.5. The van der Waals surface area contributed by atoms with Gasteiger partial charge in [-0.05, 0) is 32.1 Å². The van der Waals surface area contributed by atoms with Crippen LogP contribution in [0, 0.1) is 0 Å². The molecule has 0 radical (unpaired) electrons. The molecule has 0 aromatic carbocycles. The summed E-state index contributed by atoms with van der Waals surface area (Å²) in [5.41, 5.74) is 0. The van der Waals surface area contributed by atoms with Crippen molar-refractivity contribution in [3.63, 3.8) is 0 Å². The molecular weight excluding hydrogens is 392 g/mol. The van der Waals surface area contributed by atoms with Crippen LogP contribution in [0.1, 0.15) is 83.5 Å². The normalized spacial score (nSPS) is 10.2. The van der Waals surface area contributed by atoms with Crippen LogP contribution in [0.5, 0.6) is 0 Å². The average Bonchev–Trinajstić information content (AvgIpc) is 2.74. The number of methoxy groups -OCH3 is 1. The fourth-order valence-electron chi connectivity index (χ4n) is 2.62. The van der Waals surface area contributed by atoms with Crippen LogP contribution in [0.25, 0.3) is 0 Å². The van der Waals surface area contributed by atoms with Gasteiger partial charge < -0.3 is 18.9 Å². The SMILES string of the molecule is C=CC(=O)OCOC(=O)CCCCCOC(=O)CCCCCCCCCC(=O)OC. The molecule has 172 valence electrons. The fourth-order valence-corrected chi connectivity index (χ4v) is 2.62. The largest absolute Gasteiger partial charge is 0.469 e. The van der Waals surface area contributed by atoms with E-state index in [1.165, 1.54) is 7.11 Å². The smallest absolute Gasteiger partial charge is 0.333 e. The number of esters is 4. The van der Waals surface area contributed by atoms with Crippen LogP contribution >= 0.6 is 0 Å². The van der Waals surface area contributed by atoms with Crippen molar-refractivity contribution in [2.45, 2.75) is 83.5 Å². The van der Waals surface area contributed by atoms with Gasteiger partial charge in [0.05, 0.1) is 13.7 Å². The Hall–Kier alpha value is -2.38. The maximum absolute atomic E-state index is 11.7. The molecule has 0 N–H and O–H groups in total. The second kappa shape index (κ2) is 19.9. The Morgan fingerprint density at radius 2 is 1.10 bits per heavy atom. The molecule has 0 aliphatic rings. The van der Waals surface area contributed by atoms with Crippen molar-refractivity contribution >= 4 is 23.9 Å². The van der Waals surface area contributed by atoms with Gasteiger partial charge in [-0.3, -0.25) is 14.4 Å². The molecule has 0 heterocycles. The van der Waals surface area contributed by atoms with E-state index in [1.807, 2.05) is 0 Å². The van der Waals surface area contributed by atoms with Gasteiger partial charge >= 0.3 is 23.9 Å². The lowest BCUT2D eigenvalue weighted by Crippen LogP contribution is -2.11. The number of hydrogen-bond acceptors (Lipinski definition) is 8. The zero-order valence-corrected chi connectivity index (χ0v) is 18.2. The minimum absolute atomic E-state index is 0.153. The van der Waals surface area contributed by atoms with E-state index < -0.39 is 18.7 Å². The van der Waals surface area contributed by atoms with Gasteiger partial charge in [0.25, 0.3) is 0 Å². The molecule has 0 aromatic heterocycles. The lowest BCUT2D eigenvalue weighted by Gasteiger charge is -2.06. The van der Waals surface area contributed by atoms with E-state index >= 15 is 0 Å². The van der Waals surface area contributed by atoms with E-state index in [9.17, 15) is 19.2 Å². The van der Waals surface area contributed by atoms with E-state index in [-0.39, 0.29) is 18.4 Å². The van der Waals surface area contributed by atoms with Gasteiger partial charge in [0, 0.05) is 25.3 Å². The van der Waals surface area contributed by atoms with E-state index in [0.717, 1.165) is 57.4 Å². The highest BCUT2D eigenvalue weighted by Gasteiger charge is 2.06. The first-order valence-corrected chi connectivity index (χ1v) is 10.7. The van der Waals surface area contributed by atoms with Gasteiger partial charge in [-0.25, -0.2) is 4.79 Å². The van der Waals surface area contributed by atoms with Gasteiger partial charge in [-0.2, -0.15) is 0 Å². The molecule has 0 amide bonds. The van der Waals surface area contributed by atoms with Crippen LogP contribution in [0.4, 0.5) is 0 Å². The molecule has 0 spiro atoms. The molecule has 0 fully saturated rings. The quantitative estimate of drug-likeness (QED) is 0.0999. The third-order valence-electron chi connectivity index (χ3n) is 4.37. The second-order valence-electron chi connectivity index (χ2n) is 6.88. The second-order valence-corrected chi connectivity index (χ2v) is 6.88. The van der Waals surface area contributed by atoms with Crippen molar-refractivity contribution in [2.75, 3.05) is 20.5 Å². The Kier molecular flexibility index (Phi) is 18.3. The summed E-state index contributed by atoms with van der Waals surface area (Å²) >= 11 is 0. The van der Waals surface area contributed by atoms with Crippen molar-refractivity contribution < 1.29 is 38.1 Å². The molecule has 8 heteroatoms. The molecule has 0 saturated heterocycles. The molecule has 0 rings (SSSR count). The number of carbonyl (C=O) groups is 4. The van der Waals surface area contributed by atoms with E-state index in [0.29, 0.717) is 32.3 Å². The first kappa shape index (κ1) is 27.6. The maximum atomic E-state index is 11.7. The van der Waals surface area contributed by atoms with Crippen molar-refractivity contribution in [1.29, 1.82) is 0 Å². The predicted octanol–water partition coefficient (Wildman–Crippen LogP) is 4.00. The minimum atomic E-state index is -0.642. The van der Waals surface area contributed by atoms with Crippen molar-refractivity contribution in [2.24, 2.45) is 0 Å². The maximum Gasteiger partial charge on any atom is 0.333 e. The highest BCUT2D eigenvalue weighted by molar-refractivity contribution is 5.81. The van der Waals surface area contributed by atoms with E-state index in [1.54, 1.807) is 0 Å². The molecule has 8 nitrogen and oxygen atoms in total. The van der Waals surface area contributed by atoms with E-state index in [2.05, 4.69) is 16.1 Å². The van der Waals surface area contributed by atoms with Crippen molar-refractivity contribution in [3.05, 3.63) is 12.7 Å². The Balaban J connectivity index is 3.36. The van der Waals surface area contributed by atoms with Crippen molar-refractivity contribution in [3.8, 4) is 0 Å². The van der Waals surface area contributed by atoms with Gasteiger partial charge in [-0.1, -0.05) is 38.7 Å². The van der Waals surface area contributed by atoms with Crippen LogP contribution in [-0.2, 0) is 38.1 Å². The Morgan fingerprint density at radius 3 is 1.63 bits per heavy atom. The van der Waals surface area contributed by atoms with Crippen molar-refractivity contribution in [1.82, 2.24) is 0 Å². The summed E-state index contributed by atoms with van der Waals surface area (Å²) in [6.45, 7) is 3.18. The summed E-state index contributed by atoms with van der Waals surface area (Å²) in [4.78, 5) is 44.8. The fraction of sp³-hybridized carbons (Fsp3) is 0.727. The summed E-state index contributed by atoms with van der Waals surface area (Å²) in [5, 5.41) is 0. The number of unbranched alkanes of at least 4 members (excludes halogenated alkanes) is 8. The molecule has 0 aromatic rings. The van der Waals surface area contributed by atoms with Gasteiger partial charge in [0.2, 0.25) is 6.79 Å². The summed E-state index contributed by atoms with van der Waals surface area (Å²) in [7, 11) is 1.40. The summed E-state index contributed by atoms with van der Waals surface area (Å²) in [5.74, 6) is -1.42. The number of rotatable bonds is 19. The zero-order chi connectivity index (χ0) is 22.5. The average molecular weight is 429 g/mol. The minimum Gasteiger partial charge on any atom is -0.469 e. The van der Waals surface area contributed by atoms with Gasteiger partial charge in [0.1, 0.15) is 0 Å². The predicted molar refractivity (Wildman–Crippen MR) is 110 cm³/mol. The third-order valence-corrected chi connectivity index (χ3v) is 4.37. The molecule has 0 aliphatic heterocycles. The van der Waals surface area contributed by atoms with Crippen LogP contribution in [0.3, 0.4) is 0 Å². The molecular formula is C22H36O8. The Labute approximate surface area is 179 Å². The van der Waals surface area contributed by atoms with Gasteiger partial charge in [-0.15, -0.1) is 0 Å². The molecule has 0 saturated carbocycles. The third kappa shape index (κ3) is 19.0. The summed E-state index contributed by atoms with van der Waals surface area (Å²) in [6, 6.07) is 0. The zero-order valence-electron chi connectivity index (χ0n) is 18.2. The Bertz CT molecular complexity index is 515. The first-order valence-electron chi connectivity index (χ1n) is 10.7. The van der Waals surface area contributed by atoms with Crippen LogP contribution in [0.15, 0.2) is 12.7 Å². The molecule has 0 aliphatic carbocycles. The molecule has 0 atom stereocenters. The molecule has 0 bridgehead atoms. The number of hydrogen-bond donors (Lipinski definition) is 0. The highest BCUT2D eigenvalue weighted by atomic mass is 16.7. The lowest BCUT2D eigenvalue weighted by atomic mass is 10.1. The Morgan fingerprint density at radius 1 is 0.633 bits per heavy atom. The number of ether oxygens (including phenoxy) is 4. The monoisotopic (exact) mass is 428 g/mol. The number of carbonyl (C=O) groups excluding carboxylic acids is 4. The summed E-state index contributed by atoms with van der Waals surface area (Å²) in [6.07, 6.45) is 11.2. The van der Waals surface area contributed by atoms with Gasteiger partial charge in [0.15, 0.2) is 0 Å². The molecule has 30 heavy (non-hydrogen) atoms. The summed E-state index contributed by atoms with van der Waals surface area (Å²) < 4.78 is 19.0.